The first kappa shape index (κ1) is 11.5. The highest BCUT2D eigenvalue weighted by Gasteiger charge is 2.07. The molecule has 0 aliphatic carbocycles. The molecule has 0 aliphatic heterocycles. The summed E-state index contributed by atoms with van der Waals surface area (Å²) in [5.41, 5.74) is 7.98. The van der Waals surface area contributed by atoms with Crippen LogP contribution >= 0.6 is 0 Å². The first-order chi connectivity index (χ1) is 9.15. The molecule has 5 heteroatoms. The van der Waals surface area contributed by atoms with Crippen molar-refractivity contribution in [3.05, 3.63) is 36.2 Å². The molecule has 0 spiro atoms. The standard InChI is InChI=1S/C14H13N3O2/c1-8-14-11(4-5-16-8)10-3-2-9(6-12(10)17-14)19-7-13(15)18/h2-6,17H,7H2,1H3,(H2,15,18). The quantitative estimate of drug-likeness (QED) is 0.749. The Morgan fingerprint density at radius 1 is 1.37 bits per heavy atom. The van der Waals surface area contributed by atoms with Gasteiger partial charge in [-0.05, 0) is 25.1 Å². The van der Waals surface area contributed by atoms with E-state index in [0.717, 1.165) is 27.5 Å². The van der Waals surface area contributed by atoms with Crippen molar-refractivity contribution in [3.63, 3.8) is 0 Å². The average molecular weight is 255 g/mol. The number of nitrogens with one attached hydrogen (secondary N) is 1. The van der Waals surface area contributed by atoms with Gasteiger partial charge < -0.3 is 15.5 Å². The molecular formula is C14H13N3O2. The molecule has 0 atom stereocenters. The Morgan fingerprint density at radius 2 is 2.21 bits per heavy atom. The highest BCUT2D eigenvalue weighted by molar-refractivity contribution is 6.08. The summed E-state index contributed by atoms with van der Waals surface area (Å²) in [7, 11) is 0. The maximum absolute atomic E-state index is 10.7. The van der Waals surface area contributed by atoms with Gasteiger partial charge in [0.05, 0.1) is 16.7 Å². The number of aromatic nitrogens is 2. The van der Waals surface area contributed by atoms with E-state index in [1.165, 1.54) is 0 Å². The number of primary amides is 1. The van der Waals surface area contributed by atoms with Gasteiger partial charge in [0.25, 0.3) is 5.91 Å². The lowest BCUT2D eigenvalue weighted by Gasteiger charge is -2.02. The second-order valence-electron chi connectivity index (χ2n) is 4.41. The summed E-state index contributed by atoms with van der Waals surface area (Å²) in [6.07, 6.45) is 1.79. The van der Waals surface area contributed by atoms with Crippen LogP contribution in [0.1, 0.15) is 5.69 Å². The minimum atomic E-state index is -0.489. The second kappa shape index (κ2) is 4.28. The SMILES string of the molecule is Cc1nccc2c1[nH]c1cc(OCC(N)=O)ccc12. The molecule has 19 heavy (non-hydrogen) atoms. The summed E-state index contributed by atoms with van der Waals surface area (Å²) in [5.74, 6) is 0.125. The minimum absolute atomic E-state index is 0.119. The maximum atomic E-state index is 10.7. The van der Waals surface area contributed by atoms with Crippen LogP contribution in [0.15, 0.2) is 30.5 Å². The molecule has 2 heterocycles. The summed E-state index contributed by atoms with van der Waals surface area (Å²) in [6.45, 7) is 1.84. The summed E-state index contributed by atoms with van der Waals surface area (Å²) in [4.78, 5) is 18.3. The van der Waals surface area contributed by atoms with E-state index in [9.17, 15) is 4.79 Å². The van der Waals surface area contributed by atoms with Crippen molar-refractivity contribution in [1.82, 2.24) is 9.97 Å². The zero-order valence-corrected chi connectivity index (χ0v) is 10.4. The summed E-state index contributed by atoms with van der Waals surface area (Å²) < 4.78 is 5.29. The van der Waals surface area contributed by atoms with Gasteiger partial charge in [-0.2, -0.15) is 0 Å². The maximum Gasteiger partial charge on any atom is 0.255 e. The lowest BCUT2D eigenvalue weighted by atomic mass is 10.1. The lowest BCUT2D eigenvalue weighted by molar-refractivity contribution is -0.119. The molecule has 0 unspecified atom stereocenters. The Hall–Kier alpha value is -2.56. The Morgan fingerprint density at radius 3 is 3.00 bits per heavy atom. The largest absolute Gasteiger partial charge is 0.484 e. The number of nitrogens with zero attached hydrogens (tertiary/aromatic N) is 1. The molecule has 3 N–H and O–H groups in total. The molecule has 3 aromatic rings. The van der Waals surface area contributed by atoms with E-state index in [1.807, 2.05) is 31.2 Å². The van der Waals surface area contributed by atoms with E-state index in [1.54, 1.807) is 6.20 Å². The third-order valence-electron chi connectivity index (χ3n) is 3.06. The van der Waals surface area contributed by atoms with Gasteiger partial charge >= 0.3 is 0 Å². The average Bonchev–Trinajstić information content (AvgIpc) is 2.76. The number of aryl methyl sites for hydroxylation is 1. The Labute approximate surface area is 109 Å². The van der Waals surface area contributed by atoms with Crippen molar-refractivity contribution in [2.45, 2.75) is 6.92 Å². The number of nitrogens with two attached hydrogens (primary N) is 1. The molecule has 5 nitrogen and oxygen atoms in total. The molecule has 2 aromatic heterocycles. The fourth-order valence-electron chi connectivity index (χ4n) is 2.19. The van der Waals surface area contributed by atoms with Crippen molar-refractivity contribution in [2.24, 2.45) is 5.73 Å². The lowest BCUT2D eigenvalue weighted by Crippen LogP contribution is -2.19. The number of pyridine rings is 1. The number of hydrogen-bond acceptors (Lipinski definition) is 3. The number of amides is 1. The number of carbonyl (C=O) groups is 1. The zero-order chi connectivity index (χ0) is 13.4. The van der Waals surface area contributed by atoms with Crippen molar-refractivity contribution >= 4 is 27.7 Å². The van der Waals surface area contributed by atoms with Gasteiger partial charge in [0.15, 0.2) is 6.61 Å². The number of rotatable bonds is 3. The number of hydrogen-bond donors (Lipinski definition) is 2. The van der Waals surface area contributed by atoms with E-state index in [4.69, 9.17) is 10.5 Å². The number of aromatic amines is 1. The van der Waals surface area contributed by atoms with Crippen LogP contribution in [-0.2, 0) is 4.79 Å². The summed E-state index contributed by atoms with van der Waals surface area (Å²) >= 11 is 0. The normalized spacial score (nSPS) is 11.0. The van der Waals surface area contributed by atoms with Gasteiger partial charge in [0.2, 0.25) is 0 Å². The second-order valence-corrected chi connectivity index (χ2v) is 4.41. The van der Waals surface area contributed by atoms with Crippen molar-refractivity contribution < 1.29 is 9.53 Å². The molecule has 0 saturated carbocycles. The number of carbonyl (C=O) groups excluding carboxylic acids is 1. The third kappa shape index (κ3) is 1.99. The predicted octanol–water partition coefficient (Wildman–Crippen LogP) is 1.89. The summed E-state index contributed by atoms with van der Waals surface area (Å²) in [6, 6.07) is 7.63. The van der Waals surface area contributed by atoms with Crippen molar-refractivity contribution in [1.29, 1.82) is 0 Å². The van der Waals surface area contributed by atoms with E-state index in [2.05, 4.69) is 9.97 Å². The van der Waals surface area contributed by atoms with Crippen LogP contribution in [0.3, 0.4) is 0 Å². The fourth-order valence-corrected chi connectivity index (χ4v) is 2.19. The van der Waals surface area contributed by atoms with Gasteiger partial charge in [-0.25, -0.2) is 0 Å². The first-order valence-electron chi connectivity index (χ1n) is 5.93. The monoisotopic (exact) mass is 255 g/mol. The Balaban J connectivity index is 2.11. The smallest absolute Gasteiger partial charge is 0.255 e. The van der Waals surface area contributed by atoms with Gasteiger partial charge in [-0.15, -0.1) is 0 Å². The van der Waals surface area contributed by atoms with Gasteiger partial charge in [-0.1, -0.05) is 0 Å². The number of benzene rings is 1. The topological polar surface area (TPSA) is 81.0 Å². The fraction of sp³-hybridized carbons (Fsp3) is 0.143. The molecule has 96 valence electrons. The van der Waals surface area contributed by atoms with Gasteiger partial charge in [0.1, 0.15) is 5.75 Å². The van der Waals surface area contributed by atoms with E-state index in [0.29, 0.717) is 5.75 Å². The Bertz CT molecular complexity index is 777. The van der Waals surface area contributed by atoms with Crippen LogP contribution in [-0.4, -0.2) is 22.5 Å². The van der Waals surface area contributed by atoms with Gasteiger partial charge in [0, 0.05) is 23.0 Å². The van der Waals surface area contributed by atoms with E-state index < -0.39 is 5.91 Å². The molecule has 1 amide bonds. The highest BCUT2D eigenvalue weighted by Crippen LogP contribution is 2.29. The van der Waals surface area contributed by atoms with Crippen LogP contribution in [0.5, 0.6) is 5.75 Å². The first-order valence-corrected chi connectivity index (χ1v) is 5.93. The molecule has 3 rings (SSSR count). The predicted molar refractivity (Wildman–Crippen MR) is 73.0 cm³/mol. The molecule has 0 bridgehead atoms. The van der Waals surface area contributed by atoms with Crippen LogP contribution < -0.4 is 10.5 Å². The van der Waals surface area contributed by atoms with Gasteiger partial charge in [-0.3, -0.25) is 9.78 Å². The minimum Gasteiger partial charge on any atom is -0.484 e. The van der Waals surface area contributed by atoms with Crippen LogP contribution in [0.25, 0.3) is 21.8 Å². The molecule has 0 saturated heterocycles. The van der Waals surface area contributed by atoms with E-state index >= 15 is 0 Å². The van der Waals surface area contributed by atoms with Crippen LogP contribution in [0.4, 0.5) is 0 Å². The van der Waals surface area contributed by atoms with Crippen LogP contribution in [0, 0.1) is 6.92 Å². The van der Waals surface area contributed by atoms with Crippen molar-refractivity contribution in [2.75, 3.05) is 6.61 Å². The number of H-pyrrole nitrogens is 1. The molecule has 0 fully saturated rings. The van der Waals surface area contributed by atoms with E-state index in [-0.39, 0.29) is 6.61 Å². The highest BCUT2D eigenvalue weighted by atomic mass is 16.5. The summed E-state index contributed by atoms with van der Waals surface area (Å²) in [5, 5.41) is 2.23. The third-order valence-corrected chi connectivity index (χ3v) is 3.06. The zero-order valence-electron chi connectivity index (χ0n) is 10.4. The Kier molecular flexibility index (Phi) is 2.59. The molecular weight excluding hydrogens is 242 g/mol. The molecule has 1 aromatic carbocycles. The molecule has 0 radical (unpaired) electrons. The molecule has 0 aliphatic rings. The number of ether oxygens (including phenoxy) is 1. The van der Waals surface area contributed by atoms with Crippen molar-refractivity contribution in [3.8, 4) is 5.75 Å². The number of fused-ring (bicyclic) bond motifs is 3. The van der Waals surface area contributed by atoms with Crippen LogP contribution in [0.2, 0.25) is 0 Å².